The molecule has 0 saturated heterocycles. The Morgan fingerprint density at radius 2 is 2.21 bits per heavy atom. The first-order valence-electron chi connectivity index (χ1n) is 6.71. The highest BCUT2D eigenvalue weighted by molar-refractivity contribution is 5.76. The van der Waals surface area contributed by atoms with E-state index in [0.29, 0.717) is 38.5 Å². The molecule has 0 saturated carbocycles. The minimum Gasteiger partial charge on any atom is -0.390 e. The molecule has 0 spiro atoms. The lowest BCUT2D eigenvalue weighted by atomic mass is 10.2. The van der Waals surface area contributed by atoms with Gasteiger partial charge in [0.15, 0.2) is 0 Å². The van der Waals surface area contributed by atoms with Crippen molar-refractivity contribution in [1.29, 1.82) is 0 Å². The number of hydrogen-bond donors (Lipinski definition) is 3. The van der Waals surface area contributed by atoms with Crippen LogP contribution in [0.1, 0.15) is 20.3 Å². The maximum Gasteiger partial charge on any atom is 0.221 e. The van der Waals surface area contributed by atoms with Crippen molar-refractivity contribution < 1.29 is 9.90 Å². The molecule has 6 heteroatoms. The maximum absolute atomic E-state index is 11.4. The van der Waals surface area contributed by atoms with Gasteiger partial charge in [-0.15, -0.1) is 0 Å². The van der Waals surface area contributed by atoms with Gasteiger partial charge in [0, 0.05) is 38.4 Å². The number of amides is 1. The lowest BCUT2D eigenvalue weighted by molar-refractivity contribution is -0.121. The summed E-state index contributed by atoms with van der Waals surface area (Å²) in [4.78, 5) is 11.4. The molecule has 0 aromatic carbocycles. The Morgan fingerprint density at radius 3 is 2.84 bits per heavy atom. The van der Waals surface area contributed by atoms with E-state index in [2.05, 4.69) is 29.6 Å². The van der Waals surface area contributed by atoms with Crippen molar-refractivity contribution in [3.05, 3.63) is 18.5 Å². The van der Waals surface area contributed by atoms with Crippen LogP contribution in [0.2, 0.25) is 0 Å². The largest absolute Gasteiger partial charge is 0.390 e. The molecule has 0 radical (unpaired) electrons. The topological polar surface area (TPSA) is 79.2 Å². The number of rotatable bonds is 9. The van der Waals surface area contributed by atoms with Gasteiger partial charge in [-0.1, -0.05) is 13.8 Å². The lowest BCUT2D eigenvalue weighted by Gasteiger charge is -2.12. The first kappa shape index (κ1) is 15.7. The van der Waals surface area contributed by atoms with Crippen LogP contribution in [-0.2, 0) is 11.3 Å². The third kappa shape index (κ3) is 7.58. The van der Waals surface area contributed by atoms with Crippen molar-refractivity contribution in [2.75, 3.05) is 19.6 Å². The molecule has 1 aromatic heterocycles. The summed E-state index contributed by atoms with van der Waals surface area (Å²) in [5, 5.41) is 19.7. The van der Waals surface area contributed by atoms with Crippen molar-refractivity contribution in [2.24, 2.45) is 5.92 Å². The second-order valence-corrected chi connectivity index (χ2v) is 5.03. The number of aliphatic hydroxyl groups is 1. The van der Waals surface area contributed by atoms with E-state index < -0.39 is 6.10 Å². The van der Waals surface area contributed by atoms with Gasteiger partial charge < -0.3 is 15.7 Å². The Labute approximate surface area is 114 Å². The van der Waals surface area contributed by atoms with Crippen molar-refractivity contribution in [1.82, 2.24) is 20.4 Å². The Balaban J connectivity index is 2.02. The van der Waals surface area contributed by atoms with E-state index in [9.17, 15) is 9.90 Å². The third-order valence-electron chi connectivity index (χ3n) is 2.57. The van der Waals surface area contributed by atoms with Crippen molar-refractivity contribution in [2.45, 2.75) is 32.9 Å². The number of nitrogens with one attached hydrogen (secondary N) is 2. The molecule has 0 aliphatic carbocycles. The molecular weight excluding hydrogens is 244 g/mol. The molecule has 3 N–H and O–H groups in total. The van der Waals surface area contributed by atoms with Crippen LogP contribution in [0, 0.1) is 5.92 Å². The highest BCUT2D eigenvalue weighted by atomic mass is 16.3. The van der Waals surface area contributed by atoms with Crippen LogP contribution >= 0.6 is 0 Å². The monoisotopic (exact) mass is 268 g/mol. The van der Waals surface area contributed by atoms with E-state index in [4.69, 9.17) is 0 Å². The van der Waals surface area contributed by atoms with Gasteiger partial charge in [-0.05, 0) is 12.0 Å². The van der Waals surface area contributed by atoms with E-state index in [1.54, 1.807) is 10.9 Å². The highest BCUT2D eigenvalue weighted by Crippen LogP contribution is 1.91. The van der Waals surface area contributed by atoms with Crippen LogP contribution in [0.3, 0.4) is 0 Å². The summed E-state index contributed by atoms with van der Waals surface area (Å²) >= 11 is 0. The zero-order chi connectivity index (χ0) is 14.1. The van der Waals surface area contributed by atoms with Crippen molar-refractivity contribution in [3.8, 4) is 0 Å². The van der Waals surface area contributed by atoms with Gasteiger partial charge in [0.1, 0.15) is 0 Å². The predicted octanol–water partition coefficient (Wildman–Crippen LogP) is -0.00410. The van der Waals surface area contributed by atoms with Crippen molar-refractivity contribution >= 4 is 5.91 Å². The van der Waals surface area contributed by atoms with Gasteiger partial charge in [-0.25, -0.2) is 0 Å². The number of aromatic nitrogens is 2. The number of carbonyl (C=O) groups excluding carboxylic acids is 1. The van der Waals surface area contributed by atoms with Gasteiger partial charge in [0.25, 0.3) is 0 Å². The van der Waals surface area contributed by atoms with Gasteiger partial charge in [-0.2, -0.15) is 5.10 Å². The summed E-state index contributed by atoms with van der Waals surface area (Å²) in [6.07, 6.45) is 3.42. The zero-order valence-electron chi connectivity index (χ0n) is 11.7. The summed E-state index contributed by atoms with van der Waals surface area (Å²) in [7, 11) is 0. The van der Waals surface area contributed by atoms with Gasteiger partial charge in [0.2, 0.25) is 5.91 Å². The number of nitrogens with zero attached hydrogens (tertiary/aromatic N) is 2. The molecule has 1 heterocycles. The van der Waals surface area contributed by atoms with Crippen LogP contribution in [-0.4, -0.2) is 46.5 Å². The molecule has 0 aliphatic rings. The second kappa shape index (κ2) is 8.66. The third-order valence-corrected chi connectivity index (χ3v) is 2.57. The Bertz CT molecular complexity index is 352. The van der Waals surface area contributed by atoms with Crippen molar-refractivity contribution in [3.63, 3.8) is 0 Å². The summed E-state index contributed by atoms with van der Waals surface area (Å²) < 4.78 is 1.68. The number of carbonyl (C=O) groups is 1. The van der Waals surface area contributed by atoms with Crippen LogP contribution < -0.4 is 10.6 Å². The van der Waals surface area contributed by atoms with E-state index in [1.807, 2.05) is 12.3 Å². The van der Waals surface area contributed by atoms with E-state index >= 15 is 0 Å². The first-order valence-corrected chi connectivity index (χ1v) is 6.71. The molecule has 0 aliphatic heterocycles. The fraction of sp³-hybridized carbons (Fsp3) is 0.692. The van der Waals surface area contributed by atoms with Gasteiger partial charge >= 0.3 is 0 Å². The average molecular weight is 268 g/mol. The fourth-order valence-electron chi connectivity index (χ4n) is 1.57. The normalized spacial score (nSPS) is 12.6. The van der Waals surface area contributed by atoms with E-state index in [0.717, 1.165) is 0 Å². The summed E-state index contributed by atoms with van der Waals surface area (Å²) in [6, 6.07) is 1.82. The predicted molar refractivity (Wildman–Crippen MR) is 73.6 cm³/mol. The summed E-state index contributed by atoms with van der Waals surface area (Å²) in [5.41, 5.74) is 0. The molecule has 19 heavy (non-hydrogen) atoms. The molecular formula is C13H24N4O2. The number of aliphatic hydroxyl groups excluding tert-OH is 1. The second-order valence-electron chi connectivity index (χ2n) is 5.03. The van der Waals surface area contributed by atoms with Crippen LogP contribution in [0.15, 0.2) is 18.5 Å². The number of hydrogen-bond acceptors (Lipinski definition) is 4. The van der Waals surface area contributed by atoms with E-state index in [-0.39, 0.29) is 5.91 Å². The molecule has 1 aromatic rings. The molecule has 108 valence electrons. The maximum atomic E-state index is 11.4. The molecule has 0 fully saturated rings. The van der Waals surface area contributed by atoms with Gasteiger partial charge in [0.05, 0.1) is 12.6 Å². The Hall–Kier alpha value is -1.40. The first-order chi connectivity index (χ1) is 9.08. The smallest absolute Gasteiger partial charge is 0.221 e. The molecule has 0 bridgehead atoms. The molecule has 1 rings (SSSR count). The zero-order valence-corrected chi connectivity index (χ0v) is 11.7. The summed E-state index contributed by atoms with van der Waals surface area (Å²) in [5.74, 6) is 0.510. The lowest BCUT2D eigenvalue weighted by Crippen LogP contribution is -2.34. The minimum atomic E-state index is -0.501. The Kier molecular flexibility index (Phi) is 7.14. The Morgan fingerprint density at radius 1 is 1.42 bits per heavy atom. The van der Waals surface area contributed by atoms with Gasteiger partial charge in [-0.3, -0.25) is 9.48 Å². The molecule has 1 atom stereocenters. The highest BCUT2D eigenvalue weighted by Gasteiger charge is 2.06. The van der Waals surface area contributed by atoms with E-state index in [1.165, 1.54) is 0 Å². The molecule has 1 amide bonds. The summed E-state index contributed by atoms with van der Waals surface area (Å²) in [6.45, 7) is 6.31. The SMILES string of the molecule is CC(C)CNC(=O)CCNCC(O)Cn1cccn1. The molecule has 6 nitrogen and oxygen atoms in total. The van der Waals surface area contributed by atoms with Crippen LogP contribution in [0.4, 0.5) is 0 Å². The van der Waals surface area contributed by atoms with Crippen LogP contribution in [0.5, 0.6) is 0 Å². The average Bonchev–Trinajstić information content (AvgIpc) is 2.85. The van der Waals surface area contributed by atoms with Crippen LogP contribution in [0.25, 0.3) is 0 Å². The minimum absolute atomic E-state index is 0.0442. The molecule has 1 unspecified atom stereocenters. The fourth-order valence-corrected chi connectivity index (χ4v) is 1.57. The quantitative estimate of drug-likeness (QED) is 0.551. The standard InChI is InChI=1S/C13H24N4O2/c1-11(2)8-15-13(19)4-6-14-9-12(18)10-17-7-3-5-16-17/h3,5,7,11-12,14,18H,4,6,8-10H2,1-2H3,(H,15,19).